The highest BCUT2D eigenvalue weighted by atomic mass is 35.5. The minimum atomic E-state index is -0.136. The van der Waals surface area contributed by atoms with Crippen molar-refractivity contribution in [2.24, 2.45) is 5.41 Å². The average Bonchev–Trinajstić information content (AvgIpc) is 2.44. The lowest BCUT2D eigenvalue weighted by atomic mass is 9.86. The van der Waals surface area contributed by atoms with Gasteiger partial charge in [0.25, 0.3) is 0 Å². The molecule has 6 heteroatoms. The Balaban J connectivity index is 2.58. The largest absolute Gasteiger partial charge is 0.395 e. The maximum atomic E-state index is 12.0. The van der Waals surface area contributed by atoms with Gasteiger partial charge in [-0.2, -0.15) is 5.26 Å². The second-order valence-corrected chi connectivity index (χ2v) is 7.06. The van der Waals surface area contributed by atoms with Crippen molar-refractivity contribution in [2.45, 2.75) is 33.2 Å². The maximum absolute atomic E-state index is 12.0. The van der Waals surface area contributed by atoms with Crippen molar-refractivity contribution in [3.63, 3.8) is 0 Å². The summed E-state index contributed by atoms with van der Waals surface area (Å²) in [5.74, 6) is -0.136. The van der Waals surface area contributed by atoms with Gasteiger partial charge < -0.3 is 15.3 Å². The fourth-order valence-electron chi connectivity index (χ4n) is 2.42. The third-order valence-electron chi connectivity index (χ3n) is 3.77. The van der Waals surface area contributed by atoms with Crippen LogP contribution in [0.3, 0.4) is 0 Å². The lowest BCUT2D eigenvalue weighted by Crippen LogP contribution is -2.45. The molecule has 1 aromatic rings. The van der Waals surface area contributed by atoms with Gasteiger partial charge in [0.15, 0.2) is 0 Å². The zero-order valence-corrected chi connectivity index (χ0v) is 14.8. The molecule has 1 unspecified atom stereocenters. The van der Waals surface area contributed by atoms with E-state index in [0.717, 1.165) is 0 Å². The Morgan fingerprint density at radius 2 is 2.13 bits per heavy atom. The number of nitrogens with one attached hydrogen (secondary N) is 1. The summed E-state index contributed by atoms with van der Waals surface area (Å²) >= 11 is 5.94. The molecule has 0 aliphatic carbocycles. The molecule has 0 aromatic heterocycles. The van der Waals surface area contributed by atoms with Crippen LogP contribution in [-0.2, 0) is 4.79 Å². The maximum Gasteiger partial charge on any atom is 0.225 e. The zero-order chi connectivity index (χ0) is 17.6. The van der Waals surface area contributed by atoms with E-state index in [1.807, 2.05) is 18.0 Å². The van der Waals surface area contributed by atoms with E-state index in [-0.39, 0.29) is 24.0 Å². The van der Waals surface area contributed by atoms with Gasteiger partial charge in [0.1, 0.15) is 6.07 Å². The number of carbonyl (C=O) groups excluding carboxylic acids is 1. The fraction of sp³-hybridized carbons (Fsp3) is 0.529. The third kappa shape index (κ3) is 5.83. The third-order valence-corrected chi connectivity index (χ3v) is 4.08. The van der Waals surface area contributed by atoms with E-state index in [0.29, 0.717) is 29.2 Å². The molecular weight excluding hydrogens is 314 g/mol. The molecule has 1 amide bonds. The van der Waals surface area contributed by atoms with Gasteiger partial charge in [0.05, 0.1) is 17.2 Å². The first kappa shape index (κ1) is 19.4. The molecule has 23 heavy (non-hydrogen) atoms. The molecule has 0 aliphatic rings. The number of benzene rings is 1. The molecule has 1 atom stereocenters. The molecule has 0 bridgehead atoms. The van der Waals surface area contributed by atoms with Crippen LogP contribution in [0.4, 0.5) is 5.69 Å². The van der Waals surface area contributed by atoms with Crippen molar-refractivity contribution in [1.82, 2.24) is 4.90 Å². The summed E-state index contributed by atoms with van der Waals surface area (Å²) in [6.45, 7) is 6.76. The van der Waals surface area contributed by atoms with E-state index >= 15 is 0 Å². The van der Waals surface area contributed by atoms with Crippen LogP contribution in [0, 0.1) is 16.7 Å². The summed E-state index contributed by atoms with van der Waals surface area (Å²) in [5.41, 5.74) is 0.872. The molecule has 1 rings (SSSR count). The highest BCUT2D eigenvalue weighted by molar-refractivity contribution is 6.32. The Kier molecular flexibility index (Phi) is 7.01. The molecule has 0 saturated carbocycles. The van der Waals surface area contributed by atoms with Crippen molar-refractivity contribution in [1.29, 1.82) is 5.26 Å². The van der Waals surface area contributed by atoms with Crippen LogP contribution in [0.1, 0.15) is 32.8 Å². The van der Waals surface area contributed by atoms with Crippen molar-refractivity contribution in [3.05, 3.63) is 28.8 Å². The quantitative estimate of drug-likeness (QED) is 0.836. The van der Waals surface area contributed by atoms with Gasteiger partial charge in [-0.25, -0.2) is 0 Å². The van der Waals surface area contributed by atoms with Crippen molar-refractivity contribution in [3.8, 4) is 6.07 Å². The zero-order valence-electron chi connectivity index (χ0n) is 14.1. The number of halogens is 1. The number of hydrogen-bond acceptors (Lipinski definition) is 4. The lowest BCUT2D eigenvalue weighted by Gasteiger charge is -2.36. The molecule has 0 spiro atoms. The van der Waals surface area contributed by atoms with Crippen LogP contribution in [0.15, 0.2) is 18.2 Å². The number of likely N-dealkylation sites (N-methyl/N-ethyl adjacent to an activating group) is 1. The standard InChI is InChI=1S/C17H24ClN3O2/c1-17(2,3)15(11-22)21(4)8-7-16(23)20-13-6-5-12(10-19)14(18)9-13/h5-6,9,15,22H,7-8,11H2,1-4H3,(H,20,23). The smallest absolute Gasteiger partial charge is 0.225 e. The molecule has 0 heterocycles. The number of aliphatic hydroxyl groups excluding tert-OH is 1. The fourth-order valence-corrected chi connectivity index (χ4v) is 2.64. The van der Waals surface area contributed by atoms with Gasteiger partial charge in [0.2, 0.25) is 5.91 Å². The molecule has 0 fully saturated rings. The Labute approximate surface area is 142 Å². The number of hydrogen-bond donors (Lipinski definition) is 2. The molecule has 0 radical (unpaired) electrons. The number of nitriles is 1. The van der Waals surface area contributed by atoms with E-state index in [4.69, 9.17) is 16.9 Å². The Morgan fingerprint density at radius 3 is 2.61 bits per heavy atom. The van der Waals surface area contributed by atoms with Crippen molar-refractivity contribution >= 4 is 23.2 Å². The second-order valence-electron chi connectivity index (χ2n) is 6.65. The van der Waals surface area contributed by atoms with Gasteiger partial charge in [-0.1, -0.05) is 32.4 Å². The summed E-state index contributed by atoms with van der Waals surface area (Å²) in [6.07, 6.45) is 0.306. The highest BCUT2D eigenvalue weighted by Gasteiger charge is 2.27. The van der Waals surface area contributed by atoms with Gasteiger partial charge in [-0.3, -0.25) is 4.79 Å². The first-order chi connectivity index (χ1) is 10.7. The summed E-state index contributed by atoms with van der Waals surface area (Å²) in [6, 6.07) is 6.75. The van der Waals surface area contributed by atoms with E-state index in [9.17, 15) is 9.90 Å². The molecule has 2 N–H and O–H groups in total. The molecular formula is C17H24ClN3O2. The van der Waals surface area contributed by atoms with Crippen LogP contribution in [-0.4, -0.2) is 42.2 Å². The number of rotatable bonds is 6. The van der Waals surface area contributed by atoms with E-state index in [1.54, 1.807) is 18.2 Å². The summed E-state index contributed by atoms with van der Waals surface area (Å²) in [7, 11) is 1.90. The van der Waals surface area contributed by atoms with Gasteiger partial charge in [-0.15, -0.1) is 0 Å². The minimum absolute atomic E-state index is 0.0142. The lowest BCUT2D eigenvalue weighted by molar-refractivity contribution is -0.116. The van der Waals surface area contributed by atoms with E-state index < -0.39 is 0 Å². The normalized spacial score (nSPS) is 12.8. The summed E-state index contributed by atoms with van der Waals surface area (Å²) in [4.78, 5) is 14.0. The van der Waals surface area contributed by atoms with Crippen LogP contribution in [0.5, 0.6) is 0 Å². The first-order valence-corrected chi connectivity index (χ1v) is 7.87. The van der Waals surface area contributed by atoms with Crippen LogP contribution in [0.25, 0.3) is 0 Å². The van der Waals surface area contributed by atoms with E-state index in [1.165, 1.54) is 0 Å². The average molecular weight is 338 g/mol. The monoisotopic (exact) mass is 337 g/mol. The highest BCUT2D eigenvalue weighted by Crippen LogP contribution is 2.23. The number of anilines is 1. The summed E-state index contributed by atoms with van der Waals surface area (Å²) < 4.78 is 0. The number of nitrogens with zero attached hydrogens (tertiary/aromatic N) is 2. The number of amides is 1. The van der Waals surface area contributed by atoms with Crippen LogP contribution >= 0.6 is 11.6 Å². The van der Waals surface area contributed by atoms with E-state index in [2.05, 4.69) is 26.1 Å². The van der Waals surface area contributed by atoms with Crippen LogP contribution < -0.4 is 5.32 Å². The van der Waals surface area contributed by atoms with Gasteiger partial charge >= 0.3 is 0 Å². The SMILES string of the molecule is CN(CCC(=O)Nc1ccc(C#N)c(Cl)c1)C(CO)C(C)(C)C. The topological polar surface area (TPSA) is 76.4 Å². The second kappa shape index (κ2) is 8.30. The molecule has 0 aliphatic heterocycles. The molecule has 5 nitrogen and oxygen atoms in total. The summed E-state index contributed by atoms with van der Waals surface area (Å²) in [5, 5.41) is 21.4. The van der Waals surface area contributed by atoms with Gasteiger partial charge in [0, 0.05) is 24.7 Å². The predicted octanol–water partition coefficient (Wildman–Crippen LogP) is 2.88. The molecule has 126 valence electrons. The van der Waals surface area contributed by atoms with Crippen molar-refractivity contribution < 1.29 is 9.90 Å². The Bertz CT molecular complexity index is 590. The molecule has 1 aromatic carbocycles. The number of carbonyl (C=O) groups is 1. The van der Waals surface area contributed by atoms with Crippen molar-refractivity contribution in [2.75, 3.05) is 25.5 Å². The van der Waals surface area contributed by atoms with Gasteiger partial charge in [-0.05, 0) is 30.7 Å². The molecule has 0 saturated heterocycles. The van der Waals surface area contributed by atoms with Crippen LogP contribution in [0.2, 0.25) is 5.02 Å². The Hall–Kier alpha value is -1.61. The number of aliphatic hydroxyl groups is 1. The minimum Gasteiger partial charge on any atom is -0.395 e. The predicted molar refractivity (Wildman–Crippen MR) is 92.4 cm³/mol. The first-order valence-electron chi connectivity index (χ1n) is 7.49. The Morgan fingerprint density at radius 1 is 1.48 bits per heavy atom.